The lowest BCUT2D eigenvalue weighted by Crippen LogP contribution is -2.32. The molecule has 6 nitrogen and oxygen atoms in total. The van der Waals surface area contributed by atoms with Gasteiger partial charge in [0.05, 0.1) is 19.3 Å². The molecule has 0 spiro atoms. The van der Waals surface area contributed by atoms with Gasteiger partial charge in [0.1, 0.15) is 12.4 Å². The number of hydrogen-bond acceptors (Lipinski definition) is 6. The molecule has 6 heteroatoms. The number of rotatable bonds is 7. The molecule has 1 rings (SSSR count). The highest BCUT2D eigenvalue weighted by Crippen LogP contribution is 2.14. The van der Waals surface area contributed by atoms with Crippen LogP contribution in [0.1, 0.15) is 30.6 Å². The van der Waals surface area contributed by atoms with Crippen molar-refractivity contribution in [1.82, 2.24) is 4.98 Å². The predicted molar refractivity (Wildman–Crippen MR) is 74.7 cm³/mol. The second-order valence-corrected chi connectivity index (χ2v) is 4.12. The van der Waals surface area contributed by atoms with Gasteiger partial charge in [-0.3, -0.25) is 4.79 Å². The number of nitrogens with zero attached hydrogens (tertiary/aromatic N) is 2. The molecule has 110 valence electrons. The van der Waals surface area contributed by atoms with E-state index in [0.29, 0.717) is 24.5 Å². The molecule has 0 aliphatic rings. The molecule has 0 N–H and O–H groups in total. The Morgan fingerprint density at radius 3 is 2.70 bits per heavy atom. The van der Waals surface area contributed by atoms with Gasteiger partial charge in [0.2, 0.25) is 0 Å². The van der Waals surface area contributed by atoms with Gasteiger partial charge in [0.15, 0.2) is 0 Å². The molecule has 0 unspecified atom stereocenters. The van der Waals surface area contributed by atoms with E-state index in [0.717, 1.165) is 6.42 Å². The molecule has 0 radical (unpaired) electrons. The lowest BCUT2D eigenvalue weighted by atomic mass is 10.2. The van der Waals surface area contributed by atoms with Gasteiger partial charge in [-0.2, -0.15) is 0 Å². The van der Waals surface area contributed by atoms with Crippen LogP contribution in [0.4, 0.5) is 5.82 Å². The minimum Gasteiger partial charge on any atom is -0.465 e. The fourth-order valence-electron chi connectivity index (χ4n) is 1.74. The quantitative estimate of drug-likeness (QED) is 0.707. The summed E-state index contributed by atoms with van der Waals surface area (Å²) in [6.07, 6.45) is 2.37. The van der Waals surface area contributed by atoms with E-state index in [1.165, 1.54) is 13.3 Å². The van der Waals surface area contributed by atoms with E-state index in [9.17, 15) is 9.59 Å². The van der Waals surface area contributed by atoms with Crippen molar-refractivity contribution in [2.24, 2.45) is 0 Å². The van der Waals surface area contributed by atoms with Crippen LogP contribution in [0.2, 0.25) is 0 Å². The molecule has 0 amide bonds. The molecule has 20 heavy (non-hydrogen) atoms. The fourth-order valence-corrected chi connectivity index (χ4v) is 1.74. The first kappa shape index (κ1) is 15.9. The molecule has 1 heterocycles. The van der Waals surface area contributed by atoms with Crippen molar-refractivity contribution >= 4 is 17.8 Å². The van der Waals surface area contributed by atoms with Crippen molar-refractivity contribution in [2.75, 3.05) is 31.7 Å². The Morgan fingerprint density at radius 2 is 2.10 bits per heavy atom. The summed E-state index contributed by atoms with van der Waals surface area (Å²) < 4.78 is 9.61. The molecular formula is C14H20N2O4. The summed E-state index contributed by atoms with van der Waals surface area (Å²) >= 11 is 0. The van der Waals surface area contributed by atoms with E-state index in [1.54, 1.807) is 24.0 Å². The minimum atomic E-state index is -0.429. The highest BCUT2D eigenvalue weighted by atomic mass is 16.5. The van der Waals surface area contributed by atoms with Gasteiger partial charge in [-0.05, 0) is 25.5 Å². The number of pyridine rings is 1. The van der Waals surface area contributed by atoms with Crippen LogP contribution in [0.5, 0.6) is 0 Å². The van der Waals surface area contributed by atoms with Gasteiger partial charge in [0, 0.05) is 12.7 Å². The molecular weight excluding hydrogens is 260 g/mol. The van der Waals surface area contributed by atoms with Crippen molar-refractivity contribution in [3.05, 3.63) is 23.9 Å². The van der Waals surface area contributed by atoms with Gasteiger partial charge >= 0.3 is 11.9 Å². The summed E-state index contributed by atoms with van der Waals surface area (Å²) in [4.78, 5) is 29.1. The van der Waals surface area contributed by atoms with Gasteiger partial charge in [-0.15, -0.1) is 0 Å². The molecule has 1 aromatic rings. The third kappa shape index (κ3) is 4.53. The second kappa shape index (κ2) is 8.14. The first-order valence-corrected chi connectivity index (χ1v) is 6.57. The second-order valence-electron chi connectivity index (χ2n) is 4.12. The average molecular weight is 280 g/mol. The number of anilines is 1. The van der Waals surface area contributed by atoms with Crippen LogP contribution >= 0.6 is 0 Å². The smallest absolute Gasteiger partial charge is 0.338 e. The van der Waals surface area contributed by atoms with Crippen LogP contribution in [0, 0.1) is 0 Å². The fraction of sp³-hybridized carbons (Fsp3) is 0.500. The Hall–Kier alpha value is -2.11. The van der Waals surface area contributed by atoms with Crippen molar-refractivity contribution in [3.63, 3.8) is 0 Å². The van der Waals surface area contributed by atoms with Gasteiger partial charge in [-0.25, -0.2) is 9.78 Å². The Bertz CT molecular complexity index is 462. The number of methoxy groups -OCH3 is 1. The van der Waals surface area contributed by atoms with Crippen molar-refractivity contribution in [1.29, 1.82) is 0 Å². The first-order valence-electron chi connectivity index (χ1n) is 6.57. The van der Waals surface area contributed by atoms with E-state index in [-0.39, 0.29) is 12.5 Å². The Balaban J connectivity index is 2.90. The Labute approximate surface area is 118 Å². The van der Waals surface area contributed by atoms with E-state index in [2.05, 4.69) is 9.72 Å². The van der Waals surface area contributed by atoms with Crippen LogP contribution in [-0.4, -0.2) is 43.7 Å². The monoisotopic (exact) mass is 280 g/mol. The number of carbonyl (C=O) groups excluding carboxylic acids is 2. The number of ether oxygens (including phenoxy) is 2. The molecule has 0 atom stereocenters. The maximum atomic E-state index is 11.6. The Kier molecular flexibility index (Phi) is 6.49. The highest BCUT2D eigenvalue weighted by Gasteiger charge is 2.15. The summed E-state index contributed by atoms with van der Waals surface area (Å²) in [5, 5.41) is 0. The summed E-state index contributed by atoms with van der Waals surface area (Å²) in [6.45, 7) is 4.87. The predicted octanol–water partition coefficient (Wildman–Crippen LogP) is 1.65. The van der Waals surface area contributed by atoms with E-state index in [4.69, 9.17) is 4.74 Å². The third-order valence-corrected chi connectivity index (χ3v) is 2.61. The molecule has 0 saturated heterocycles. The van der Waals surface area contributed by atoms with E-state index >= 15 is 0 Å². The zero-order valence-electron chi connectivity index (χ0n) is 12.1. The SMILES string of the molecule is CCCN(CC(=O)OCC)c1cc(C(=O)OC)ccn1. The zero-order valence-corrected chi connectivity index (χ0v) is 12.1. The normalized spacial score (nSPS) is 9.95. The summed E-state index contributed by atoms with van der Waals surface area (Å²) in [6, 6.07) is 3.19. The zero-order chi connectivity index (χ0) is 15.0. The lowest BCUT2D eigenvalue weighted by Gasteiger charge is -2.22. The van der Waals surface area contributed by atoms with Gasteiger partial charge in [0.25, 0.3) is 0 Å². The molecule has 0 fully saturated rings. The van der Waals surface area contributed by atoms with Crippen molar-refractivity contribution in [3.8, 4) is 0 Å². The molecule has 0 aliphatic heterocycles. The first-order chi connectivity index (χ1) is 9.62. The number of carbonyl (C=O) groups is 2. The number of esters is 2. The van der Waals surface area contributed by atoms with Crippen LogP contribution in [0.15, 0.2) is 18.3 Å². The standard InChI is InChI=1S/C14H20N2O4/c1-4-8-16(10-13(17)20-5-2)12-9-11(6-7-15-12)14(18)19-3/h6-7,9H,4-5,8,10H2,1-3H3. The van der Waals surface area contributed by atoms with Crippen molar-refractivity contribution in [2.45, 2.75) is 20.3 Å². The summed E-state index contributed by atoms with van der Waals surface area (Å²) in [5.41, 5.74) is 0.405. The van der Waals surface area contributed by atoms with E-state index in [1.807, 2.05) is 6.92 Å². The van der Waals surface area contributed by atoms with E-state index < -0.39 is 5.97 Å². The highest BCUT2D eigenvalue weighted by molar-refractivity contribution is 5.90. The minimum absolute atomic E-state index is 0.110. The van der Waals surface area contributed by atoms with Gasteiger partial charge < -0.3 is 14.4 Å². The molecule has 0 bridgehead atoms. The summed E-state index contributed by atoms with van der Waals surface area (Å²) in [5.74, 6) is -0.185. The average Bonchev–Trinajstić information content (AvgIpc) is 2.46. The number of hydrogen-bond donors (Lipinski definition) is 0. The molecule has 0 aliphatic carbocycles. The van der Waals surface area contributed by atoms with Crippen LogP contribution in [0.25, 0.3) is 0 Å². The topological polar surface area (TPSA) is 68.7 Å². The number of aromatic nitrogens is 1. The van der Waals surface area contributed by atoms with Crippen LogP contribution in [0.3, 0.4) is 0 Å². The van der Waals surface area contributed by atoms with Crippen LogP contribution in [-0.2, 0) is 14.3 Å². The molecule has 0 aromatic carbocycles. The van der Waals surface area contributed by atoms with Crippen LogP contribution < -0.4 is 4.90 Å². The lowest BCUT2D eigenvalue weighted by molar-refractivity contribution is -0.141. The Morgan fingerprint density at radius 1 is 1.35 bits per heavy atom. The maximum absolute atomic E-state index is 11.6. The third-order valence-electron chi connectivity index (χ3n) is 2.61. The van der Waals surface area contributed by atoms with Crippen molar-refractivity contribution < 1.29 is 19.1 Å². The molecule has 1 aromatic heterocycles. The maximum Gasteiger partial charge on any atom is 0.338 e. The molecule has 0 saturated carbocycles. The summed E-state index contributed by atoms with van der Waals surface area (Å²) in [7, 11) is 1.32. The largest absolute Gasteiger partial charge is 0.465 e. The van der Waals surface area contributed by atoms with Gasteiger partial charge in [-0.1, -0.05) is 6.92 Å².